The van der Waals surface area contributed by atoms with Crippen LogP contribution in [0.3, 0.4) is 0 Å². The highest BCUT2D eigenvalue weighted by Crippen LogP contribution is 2.07. The number of pyridine rings is 1. The Morgan fingerprint density at radius 3 is 3.12 bits per heavy atom. The van der Waals surface area contributed by atoms with Gasteiger partial charge in [-0.15, -0.1) is 0 Å². The van der Waals surface area contributed by atoms with E-state index in [9.17, 15) is 4.79 Å². The lowest BCUT2D eigenvalue weighted by atomic mass is 10.2. The Balaban J connectivity index is 2.46. The lowest BCUT2D eigenvalue weighted by molar-refractivity contribution is -0.109. The van der Waals surface area contributed by atoms with Gasteiger partial charge < -0.3 is 4.74 Å². The maximum atomic E-state index is 10.7. The van der Waals surface area contributed by atoms with Gasteiger partial charge in [-0.05, 0) is 6.07 Å². The highest BCUT2D eigenvalue weighted by molar-refractivity contribution is 8.13. The Hall–Kier alpha value is -1.47. The van der Waals surface area contributed by atoms with Gasteiger partial charge in [-0.25, -0.2) is 4.98 Å². The fraction of sp³-hybridized carbons (Fsp3) is 0.333. The first-order valence-electron chi connectivity index (χ1n) is 4.84. The Morgan fingerprint density at radius 2 is 2.44 bits per heavy atom. The molecule has 4 heteroatoms. The van der Waals surface area contributed by atoms with Crippen molar-refractivity contribution in [2.24, 2.45) is 0 Å². The molecular weight excluding hydrogens is 222 g/mol. The second-order valence-corrected chi connectivity index (χ2v) is 4.25. The van der Waals surface area contributed by atoms with Gasteiger partial charge in [-0.3, -0.25) is 4.79 Å². The summed E-state index contributed by atoms with van der Waals surface area (Å²) >= 11 is 1.30. The molecule has 0 aliphatic heterocycles. The van der Waals surface area contributed by atoms with E-state index < -0.39 is 0 Å². The Kier molecular flexibility index (Phi) is 5.44. The number of carbonyl (C=O) groups excluding carboxylic acids is 1. The summed E-state index contributed by atoms with van der Waals surface area (Å²) in [6.45, 7) is 1.56. The van der Waals surface area contributed by atoms with E-state index in [4.69, 9.17) is 4.74 Å². The van der Waals surface area contributed by atoms with Gasteiger partial charge in [0, 0.05) is 36.9 Å². The van der Waals surface area contributed by atoms with Crippen molar-refractivity contribution in [2.45, 2.75) is 13.3 Å². The fourth-order valence-corrected chi connectivity index (χ4v) is 1.50. The summed E-state index contributed by atoms with van der Waals surface area (Å²) < 4.78 is 4.99. The molecule has 0 atom stereocenters. The number of rotatable bonds is 3. The van der Waals surface area contributed by atoms with Gasteiger partial charge in [-0.2, -0.15) is 0 Å². The largest absolute Gasteiger partial charge is 0.481 e. The predicted molar refractivity (Wildman–Crippen MR) is 65.4 cm³/mol. The molecule has 1 rings (SSSR count). The first-order valence-corrected chi connectivity index (χ1v) is 5.83. The number of thioether (sulfide) groups is 1. The van der Waals surface area contributed by atoms with Crippen LogP contribution in [0.15, 0.2) is 18.3 Å². The van der Waals surface area contributed by atoms with Crippen LogP contribution in [-0.2, 0) is 4.79 Å². The lowest BCUT2D eigenvalue weighted by Gasteiger charge is -1.96. The molecule has 0 amide bonds. The van der Waals surface area contributed by atoms with Crippen LogP contribution < -0.4 is 4.74 Å². The molecule has 0 saturated carbocycles. The van der Waals surface area contributed by atoms with Gasteiger partial charge in [0.25, 0.3) is 0 Å². The van der Waals surface area contributed by atoms with Crippen molar-refractivity contribution < 1.29 is 9.53 Å². The predicted octanol–water partition coefficient (Wildman–Crippen LogP) is 2.11. The van der Waals surface area contributed by atoms with Crippen molar-refractivity contribution in [1.82, 2.24) is 4.98 Å². The molecule has 0 spiro atoms. The van der Waals surface area contributed by atoms with Crippen LogP contribution in [0.4, 0.5) is 0 Å². The second-order valence-electron chi connectivity index (χ2n) is 2.98. The average molecular weight is 235 g/mol. The van der Waals surface area contributed by atoms with Gasteiger partial charge in [0.1, 0.15) is 0 Å². The molecule has 84 valence electrons. The number of ether oxygens (including phenoxy) is 1. The monoisotopic (exact) mass is 235 g/mol. The van der Waals surface area contributed by atoms with E-state index in [1.54, 1.807) is 26.3 Å². The van der Waals surface area contributed by atoms with Crippen LogP contribution >= 0.6 is 11.8 Å². The van der Waals surface area contributed by atoms with Crippen molar-refractivity contribution in [2.75, 3.05) is 12.9 Å². The molecule has 0 radical (unpaired) electrons. The van der Waals surface area contributed by atoms with E-state index in [0.717, 1.165) is 11.3 Å². The standard InChI is InChI=1S/C12H13NO2S/c1-10(14)16-8-4-3-5-11-6-7-13-12(9-11)15-2/h6-7,9H,4,8H2,1-2H3. The van der Waals surface area contributed by atoms with Crippen molar-refractivity contribution in [1.29, 1.82) is 0 Å². The normalized spacial score (nSPS) is 9.12. The Labute approximate surface area is 99.6 Å². The van der Waals surface area contributed by atoms with E-state index in [-0.39, 0.29) is 5.12 Å². The number of aromatic nitrogens is 1. The molecule has 0 aliphatic carbocycles. The summed E-state index contributed by atoms with van der Waals surface area (Å²) in [6, 6.07) is 3.61. The van der Waals surface area contributed by atoms with Crippen molar-refractivity contribution in [3.05, 3.63) is 23.9 Å². The van der Waals surface area contributed by atoms with E-state index >= 15 is 0 Å². The minimum atomic E-state index is 0.132. The summed E-state index contributed by atoms with van der Waals surface area (Å²) in [5.41, 5.74) is 0.875. The molecular formula is C12H13NO2S. The minimum absolute atomic E-state index is 0.132. The first-order chi connectivity index (χ1) is 7.72. The number of methoxy groups -OCH3 is 1. The third kappa shape index (κ3) is 4.85. The number of hydrogen-bond acceptors (Lipinski definition) is 4. The van der Waals surface area contributed by atoms with Gasteiger partial charge in [0.15, 0.2) is 5.12 Å². The molecule has 0 aromatic carbocycles. The third-order valence-corrected chi connectivity index (χ3v) is 2.52. The number of hydrogen-bond donors (Lipinski definition) is 0. The van der Waals surface area contributed by atoms with Crippen LogP contribution in [0.5, 0.6) is 5.88 Å². The quantitative estimate of drug-likeness (QED) is 0.594. The fourth-order valence-electron chi connectivity index (χ4n) is 1.01. The molecule has 1 aromatic rings. The van der Waals surface area contributed by atoms with E-state index in [1.807, 2.05) is 6.07 Å². The molecule has 0 saturated heterocycles. The summed E-state index contributed by atoms with van der Waals surface area (Å²) in [5.74, 6) is 7.30. The molecule has 0 aliphatic rings. The van der Waals surface area contributed by atoms with Crippen LogP contribution in [0.25, 0.3) is 0 Å². The highest BCUT2D eigenvalue weighted by atomic mass is 32.2. The second kappa shape index (κ2) is 6.91. The molecule has 0 unspecified atom stereocenters. The smallest absolute Gasteiger partial charge is 0.214 e. The SMILES string of the molecule is COc1cc(C#CCCSC(C)=O)ccn1. The maximum Gasteiger partial charge on any atom is 0.214 e. The molecule has 1 aromatic heterocycles. The van der Waals surface area contributed by atoms with Crippen LogP contribution in [0.2, 0.25) is 0 Å². The van der Waals surface area contributed by atoms with Crippen LogP contribution in [0, 0.1) is 11.8 Å². The number of carbonyl (C=O) groups is 1. The zero-order chi connectivity index (χ0) is 11.8. The zero-order valence-corrected chi connectivity index (χ0v) is 10.1. The average Bonchev–Trinajstić information content (AvgIpc) is 2.28. The molecule has 3 nitrogen and oxygen atoms in total. The summed E-state index contributed by atoms with van der Waals surface area (Å²) in [4.78, 5) is 14.6. The van der Waals surface area contributed by atoms with Crippen molar-refractivity contribution in [3.63, 3.8) is 0 Å². The topological polar surface area (TPSA) is 39.2 Å². The summed E-state index contributed by atoms with van der Waals surface area (Å²) in [6.07, 6.45) is 2.36. The third-order valence-electron chi connectivity index (χ3n) is 1.71. The van der Waals surface area contributed by atoms with Gasteiger partial charge in [0.05, 0.1) is 7.11 Å². The Bertz CT molecular complexity index is 421. The molecule has 0 fully saturated rings. The van der Waals surface area contributed by atoms with Gasteiger partial charge in [0.2, 0.25) is 5.88 Å². The highest BCUT2D eigenvalue weighted by Gasteiger charge is 1.93. The Morgan fingerprint density at radius 1 is 1.62 bits per heavy atom. The van der Waals surface area contributed by atoms with E-state index in [0.29, 0.717) is 12.3 Å². The maximum absolute atomic E-state index is 10.7. The number of nitrogens with zero attached hydrogens (tertiary/aromatic N) is 1. The summed E-state index contributed by atoms with van der Waals surface area (Å²) in [7, 11) is 1.57. The van der Waals surface area contributed by atoms with E-state index in [2.05, 4.69) is 16.8 Å². The molecule has 0 bridgehead atoms. The zero-order valence-electron chi connectivity index (χ0n) is 9.32. The van der Waals surface area contributed by atoms with Gasteiger partial charge in [-0.1, -0.05) is 23.6 Å². The lowest BCUT2D eigenvalue weighted by Crippen LogP contribution is -1.87. The molecule has 1 heterocycles. The first kappa shape index (κ1) is 12.6. The molecule has 0 N–H and O–H groups in total. The van der Waals surface area contributed by atoms with Crippen molar-refractivity contribution in [3.8, 4) is 17.7 Å². The summed E-state index contributed by atoms with van der Waals surface area (Å²) in [5, 5.41) is 0.132. The van der Waals surface area contributed by atoms with Crippen molar-refractivity contribution >= 4 is 16.9 Å². The molecule has 16 heavy (non-hydrogen) atoms. The van der Waals surface area contributed by atoms with Crippen LogP contribution in [-0.4, -0.2) is 23.0 Å². The minimum Gasteiger partial charge on any atom is -0.481 e. The van der Waals surface area contributed by atoms with Crippen LogP contribution in [0.1, 0.15) is 18.9 Å². The van der Waals surface area contributed by atoms with E-state index in [1.165, 1.54) is 11.8 Å². The van der Waals surface area contributed by atoms with Gasteiger partial charge >= 0.3 is 0 Å².